The van der Waals surface area contributed by atoms with Gasteiger partial charge in [-0.3, -0.25) is 14.6 Å². The first-order chi connectivity index (χ1) is 13.1. The Bertz CT molecular complexity index is 756. The van der Waals surface area contributed by atoms with E-state index in [0.29, 0.717) is 35.2 Å². The third-order valence-corrected chi connectivity index (χ3v) is 5.00. The van der Waals surface area contributed by atoms with Gasteiger partial charge in [-0.15, -0.1) is 0 Å². The lowest BCUT2D eigenvalue weighted by molar-refractivity contribution is -0.117. The second-order valence-electron chi connectivity index (χ2n) is 7.11. The number of anilines is 2. The van der Waals surface area contributed by atoms with Crippen molar-refractivity contribution in [3.8, 4) is 0 Å². The van der Waals surface area contributed by atoms with E-state index < -0.39 is 0 Å². The van der Waals surface area contributed by atoms with Crippen molar-refractivity contribution >= 4 is 23.2 Å². The Morgan fingerprint density at radius 2 is 2.00 bits per heavy atom. The van der Waals surface area contributed by atoms with Gasteiger partial charge in [-0.1, -0.05) is 6.92 Å². The Morgan fingerprint density at radius 3 is 2.67 bits per heavy atom. The van der Waals surface area contributed by atoms with Crippen molar-refractivity contribution in [2.75, 3.05) is 23.7 Å². The maximum atomic E-state index is 12.3. The monoisotopic (exact) mass is 366 g/mol. The first kappa shape index (κ1) is 19.0. The van der Waals surface area contributed by atoms with Crippen molar-refractivity contribution in [1.82, 2.24) is 10.3 Å². The van der Waals surface area contributed by atoms with Gasteiger partial charge in [0.15, 0.2) is 0 Å². The van der Waals surface area contributed by atoms with Crippen LogP contribution in [0.15, 0.2) is 48.8 Å². The molecule has 1 aromatic carbocycles. The lowest BCUT2D eigenvalue weighted by atomic mass is 9.85. The molecule has 2 aromatic rings. The number of amides is 2. The van der Waals surface area contributed by atoms with Crippen LogP contribution in [-0.4, -0.2) is 29.9 Å². The van der Waals surface area contributed by atoms with E-state index >= 15 is 0 Å². The van der Waals surface area contributed by atoms with Crippen LogP contribution < -0.4 is 16.0 Å². The summed E-state index contributed by atoms with van der Waals surface area (Å²) in [6.45, 7) is 4.22. The number of pyridine rings is 1. The Labute approximate surface area is 159 Å². The Morgan fingerprint density at radius 1 is 1.19 bits per heavy atom. The highest BCUT2D eigenvalue weighted by molar-refractivity contribution is 6.04. The molecule has 2 amide bonds. The molecule has 1 aromatic heterocycles. The number of rotatable bonds is 6. The minimum Gasteiger partial charge on any atom is -0.326 e. The molecule has 2 atom stereocenters. The number of nitrogens with zero attached hydrogens (tertiary/aromatic N) is 1. The SMILES string of the molecule is CC(CC(=O)Nc1ccc(C(=O)Nc2cccnc2)cc1)C1CCCNC1. The highest BCUT2D eigenvalue weighted by atomic mass is 16.2. The summed E-state index contributed by atoms with van der Waals surface area (Å²) in [5.41, 5.74) is 1.87. The van der Waals surface area contributed by atoms with E-state index in [0.717, 1.165) is 13.1 Å². The van der Waals surface area contributed by atoms with Crippen LogP contribution in [0.1, 0.15) is 36.5 Å². The first-order valence-electron chi connectivity index (χ1n) is 9.44. The molecule has 6 nitrogen and oxygen atoms in total. The van der Waals surface area contributed by atoms with Gasteiger partial charge in [0.1, 0.15) is 0 Å². The predicted molar refractivity (Wildman–Crippen MR) is 107 cm³/mol. The Hall–Kier alpha value is -2.73. The van der Waals surface area contributed by atoms with Crippen LogP contribution in [0.5, 0.6) is 0 Å². The fraction of sp³-hybridized carbons (Fsp3) is 0.381. The molecule has 6 heteroatoms. The molecule has 142 valence electrons. The lowest BCUT2D eigenvalue weighted by Gasteiger charge is -2.28. The summed E-state index contributed by atoms with van der Waals surface area (Å²) in [6.07, 6.45) is 6.12. The van der Waals surface area contributed by atoms with Crippen molar-refractivity contribution in [3.63, 3.8) is 0 Å². The standard InChI is InChI=1S/C21H26N4O2/c1-15(17-4-2-10-22-13-17)12-20(26)24-18-8-6-16(7-9-18)21(27)25-19-5-3-11-23-14-19/h3,5-9,11,14-15,17,22H,2,4,10,12-13H2,1H3,(H,24,26)(H,25,27). The Kier molecular flexibility index (Phi) is 6.54. The molecule has 0 radical (unpaired) electrons. The summed E-state index contributed by atoms with van der Waals surface area (Å²) in [4.78, 5) is 28.5. The van der Waals surface area contributed by atoms with Gasteiger partial charge in [0.2, 0.25) is 5.91 Å². The van der Waals surface area contributed by atoms with Gasteiger partial charge in [0.25, 0.3) is 5.91 Å². The number of aromatic nitrogens is 1. The number of piperidine rings is 1. The number of carbonyl (C=O) groups excluding carboxylic acids is 2. The minimum absolute atomic E-state index is 0.0145. The van der Waals surface area contributed by atoms with Gasteiger partial charge in [-0.05, 0) is 74.2 Å². The van der Waals surface area contributed by atoms with Crippen LogP contribution >= 0.6 is 0 Å². The van der Waals surface area contributed by atoms with Crippen molar-refractivity contribution in [1.29, 1.82) is 0 Å². The van der Waals surface area contributed by atoms with Crippen molar-refractivity contribution in [2.45, 2.75) is 26.2 Å². The van der Waals surface area contributed by atoms with Gasteiger partial charge in [0, 0.05) is 23.9 Å². The molecule has 3 rings (SSSR count). The maximum Gasteiger partial charge on any atom is 0.255 e. The molecule has 1 aliphatic heterocycles. The van der Waals surface area contributed by atoms with E-state index in [4.69, 9.17) is 0 Å². The third-order valence-electron chi connectivity index (χ3n) is 5.00. The zero-order chi connectivity index (χ0) is 19.1. The van der Waals surface area contributed by atoms with Crippen molar-refractivity contribution < 1.29 is 9.59 Å². The molecule has 1 aliphatic rings. The van der Waals surface area contributed by atoms with Gasteiger partial charge in [0.05, 0.1) is 11.9 Å². The van der Waals surface area contributed by atoms with Gasteiger partial charge >= 0.3 is 0 Å². The normalized spacial score (nSPS) is 17.7. The van der Waals surface area contributed by atoms with Crippen LogP contribution in [-0.2, 0) is 4.79 Å². The molecule has 1 fully saturated rings. The van der Waals surface area contributed by atoms with E-state index in [1.165, 1.54) is 12.8 Å². The fourth-order valence-corrected chi connectivity index (χ4v) is 3.38. The first-order valence-corrected chi connectivity index (χ1v) is 9.44. The topological polar surface area (TPSA) is 83.1 Å². The minimum atomic E-state index is -0.209. The van der Waals surface area contributed by atoms with Gasteiger partial charge < -0.3 is 16.0 Å². The quantitative estimate of drug-likeness (QED) is 0.732. The number of hydrogen-bond donors (Lipinski definition) is 3. The van der Waals surface area contributed by atoms with Crippen molar-refractivity contribution in [3.05, 3.63) is 54.4 Å². The van der Waals surface area contributed by atoms with Crippen LogP contribution in [0.3, 0.4) is 0 Å². The average Bonchev–Trinajstić information content (AvgIpc) is 2.70. The molecule has 0 spiro atoms. The molecule has 2 unspecified atom stereocenters. The van der Waals surface area contributed by atoms with Crippen LogP contribution in [0.4, 0.5) is 11.4 Å². The smallest absolute Gasteiger partial charge is 0.255 e. The summed E-state index contributed by atoms with van der Waals surface area (Å²) in [5.74, 6) is 0.713. The molecule has 2 heterocycles. The summed E-state index contributed by atoms with van der Waals surface area (Å²) < 4.78 is 0. The van der Waals surface area contributed by atoms with E-state index in [1.807, 2.05) is 0 Å². The second kappa shape index (κ2) is 9.28. The fourth-order valence-electron chi connectivity index (χ4n) is 3.38. The van der Waals surface area contributed by atoms with Crippen LogP contribution in [0.25, 0.3) is 0 Å². The predicted octanol–water partition coefficient (Wildman–Crippen LogP) is 3.30. The molecule has 0 aliphatic carbocycles. The average molecular weight is 366 g/mol. The van der Waals surface area contributed by atoms with E-state index in [-0.39, 0.29) is 11.8 Å². The summed E-state index contributed by atoms with van der Waals surface area (Å²) >= 11 is 0. The zero-order valence-electron chi connectivity index (χ0n) is 15.6. The number of hydrogen-bond acceptors (Lipinski definition) is 4. The molecule has 27 heavy (non-hydrogen) atoms. The second-order valence-corrected chi connectivity index (χ2v) is 7.11. The molecular formula is C21H26N4O2. The number of nitrogens with one attached hydrogen (secondary N) is 3. The highest BCUT2D eigenvalue weighted by Gasteiger charge is 2.22. The molecule has 0 saturated carbocycles. The van der Waals surface area contributed by atoms with E-state index in [9.17, 15) is 9.59 Å². The van der Waals surface area contributed by atoms with Crippen LogP contribution in [0.2, 0.25) is 0 Å². The number of benzene rings is 1. The lowest BCUT2D eigenvalue weighted by Crippen LogP contribution is -2.34. The summed E-state index contributed by atoms with van der Waals surface area (Å²) in [6, 6.07) is 10.5. The molecule has 3 N–H and O–H groups in total. The highest BCUT2D eigenvalue weighted by Crippen LogP contribution is 2.23. The van der Waals surface area contributed by atoms with E-state index in [2.05, 4.69) is 27.9 Å². The van der Waals surface area contributed by atoms with Gasteiger partial charge in [-0.25, -0.2) is 0 Å². The molecular weight excluding hydrogens is 340 g/mol. The van der Waals surface area contributed by atoms with Gasteiger partial charge in [-0.2, -0.15) is 0 Å². The third kappa shape index (κ3) is 5.62. The van der Waals surface area contributed by atoms with Crippen molar-refractivity contribution in [2.24, 2.45) is 11.8 Å². The number of carbonyl (C=O) groups is 2. The maximum absolute atomic E-state index is 12.3. The molecule has 0 bridgehead atoms. The largest absolute Gasteiger partial charge is 0.326 e. The summed E-state index contributed by atoms with van der Waals surface area (Å²) in [7, 11) is 0. The Balaban J connectivity index is 1.50. The summed E-state index contributed by atoms with van der Waals surface area (Å²) in [5, 5.41) is 9.11. The van der Waals surface area contributed by atoms with Crippen LogP contribution in [0, 0.1) is 11.8 Å². The zero-order valence-corrected chi connectivity index (χ0v) is 15.6. The molecule has 1 saturated heterocycles. The van der Waals surface area contributed by atoms with E-state index in [1.54, 1.807) is 48.8 Å².